The van der Waals surface area contributed by atoms with E-state index in [2.05, 4.69) is 0 Å². The van der Waals surface area contributed by atoms with E-state index >= 15 is 0 Å². The van der Waals surface area contributed by atoms with Crippen molar-refractivity contribution in [1.29, 1.82) is 0 Å². The van der Waals surface area contributed by atoms with Crippen LogP contribution in [-0.4, -0.2) is 34.7 Å². The van der Waals surface area contributed by atoms with Gasteiger partial charge >= 0.3 is 12.1 Å². The van der Waals surface area contributed by atoms with Gasteiger partial charge in [-0.25, -0.2) is 14.5 Å². The average molecular weight is 272 g/mol. The summed E-state index contributed by atoms with van der Waals surface area (Å²) in [7, 11) is 0. The summed E-state index contributed by atoms with van der Waals surface area (Å²) in [5.41, 5.74) is 11.5. The second-order valence-corrected chi connectivity index (χ2v) is 4.19. The van der Waals surface area contributed by atoms with E-state index in [0.29, 0.717) is 16.3 Å². The zero-order valence-corrected chi connectivity index (χ0v) is 10.3. The van der Waals surface area contributed by atoms with Crippen LogP contribution in [0.25, 0.3) is 0 Å². The Morgan fingerprint density at radius 2 is 2.00 bits per heavy atom. The van der Waals surface area contributed by atoms with Gasteiger partial charge in [0.1, 0.15) is 0 Å². The summed E-state index contributed by atoms with van der Waals surface area (Å²) in [6, 6.07) is 5.48. The Morgan fingerprint density at radius 1 is 1.39 bits per heavy atom. The lowest BCUT2D eigenvalue weighted by Crippen LogP contribution is -2.47. The second-order valence-electron chi connectivity index (χ2n) is 3.79. The lowest BCUT2D eigenvalue weighted by molar-refractivity contribution is 0.149. The fraction of sp³-hybridized carbons (Fsp3) is 0.273. The van der Waals surface area contributed by atoms with Crippen LogP contribution >= 0.6 is 11.6 Å². The zero-order valence-electron chi connectivity index (χ0n) is 9.54. The van der Waals surface area contributed by atoms with Crippen molar-refractivity contribution in [2.45, 2.75) is 12.5 Å². The monoisotopic (exact) mass is 271 g/mol. The minimum Gasteiger partial charge on any atom is -0.465 e. The molecule has 5 N–H and O–H groups in total. The van der Waals surface area contributed by atoms with Crippen LogP contribution in [0.3, 0.4) is 0 Å². The van der Waals surface area contributed by atoms with E-state index in [0.717, 1.165) is 5.56 Å². The summed E-state index contributed by atoms with van der Waals surface area (Å²) in [4.78, 5) is 22.1. The Morgan fingerprint density at radius 3 is 2.50 bits per heavy atom. The maximum absolute atomic E-state index is 10.9. The number of imide groups is 1. The molecule has 0 aliphatic rings. The van der Waals surface area contributed by atoms with Crippen LogP contribution in [0.5, 0.6) is 0 Å². The Balaban J connectivity index is 2.66. The van der Waals surface area contributed by atoms with Gasteiger partial charge in [0.15, 0.2) is 0 Å². The number of benzene rings is 1. The smallest absolute Gasteiger partial charge is 0.415 e. The van der Waals surface area contributed by atoms with Gasteiger partial charge in [-0.3, -0.25) is 0 Å². The highest BCUT2D eigenvalue weighted by Crippen LogP contribution is 2.16. The molecule has 1 aromatic rings. The van der Waals surface area contributed by atoms with Crippen molar-refractivity contribution in [3.05, 3.63) is 34.9 Å². The Labute approximate surface area is 109 Å². The molecule has 1 atom stereocenters. The summed E-state index contributed by atoms with van der Waals surface area (Å²) in [5, 5.41) is 9.31. The number of halogens is 1. The summed E-state index contributed by atoms with van der Waals surface area (Å²) in [5.74, 6) is 0. The largest absolute Gasteiger partial charge is 0.465 e. The fourth-order valence-corrected chi connectivity index (χ4v) is 1.72. The molecule has 0 saturated heterocycles. The predicted octanol–water partition coefficient (Wildman–Crippen LogP) is 1.27. The van der Waals surface area contributed by atoms with E-state index in [4.69, 9.17) is 28.2 Å². The zero-order chi connectivity index (χ0) is 13.7. The molecule has 98 valence electrons. The van der Waals surface area contributed by atoms with Gasteiger partial charge in [-0.2, -0.15) is 0 Å². The molecule has 1 unspecified atom stereocenters. The molecule has 18 heavy (non-hydrogen) atoms. The van der Waals surface area contributed by atoms with Crippen molar-refractivity contribution >= 4 is 23.7 Å². The minimum atomic E-state index is -1.42. The van der Waals surface area contributed by atoms with Crippen LogP contribution < -0.4 is 11.5 Å². The normalized spacial score (nSPS) is 11.9. The third-order valence-electron chi connectivity index (χ3n) is 2.35. The van der Waals surface area contributed by atoms with Crippen LogP contribution in [-0.2, 0) is 6.42 Å². The molecule has 1 rings (SSSR count). The van der Waals surface area contributed by atoms with E-state index in [1.54, 1.807) is 24.3 Å². The summed E-state index contributed by atoms with van der Waals surface area (Å²) < 4.78 is 0. The van der Waals surface area contributed by atoms with Crippen molar-refractivity contribution in [2.24, 2.45) is 11.5 Å². The fourth-order valence-electron chi connectivity index (χ4n) is 1.51. The van der Waals surface area contributed by atoms with E-state index in [1.165, 1.54) is 0 Å². The maximum atomic E-state index is 10.9. The van der Waals surface area contributed by atoms with E-state index in [9.17, 15) is 9.59 Å². The maximum Gasteiger partial charge on any atom is 0.415 e. The van der Waals surface area contributed by atoms with Gasteiger partial charge in [0.05, 0.1) is 0 Å². The van der Waals surface area contributed by atoms with E-state index in [1.807, 2.05) is 0 Å². The molecule has 0 aliphatic heterocycles. The minimum absolute atomic E-state index is 0.171. The lowest BCUT2D eigenvalue weighted by Gasteiger charge is -2.19. The highest BCUT2D eigenvalue weighted by Gasteiger charge is 2.21. The molecule has 0 bridgehead atoms. The Hall–Kier alpha value is -1.79. The molecule has 1 aromatic carbocycles. The topological polar surface area (TPSA) is 110 Å². The summed E-state index contributed by atoms with van der Waals surface area (Å²) >= 11 is 5.95. The number of carboxylic acid groups (broad SMARTS) is 1. The predicted molar refractivity (Wildman–Crippen MR) is 67.4 cm³/mol. The first-order valence-corrected chi connectivity index (χ1v) is 5.58. The van der Waals surface area contributed by atoms with E-state index < -0.39 is 18.2 Å². The van der Waals surface area contributed by atoms with Gasteiger partial charge in [0, 0.05) is 17.6 Å². The van der Waals surface area contributed by atoms with Crippen LogP contribution in [0.2, 0.25) is 5.02 Å². The molecule has 3 amide bonds. The van der Waals surface area contributed by atoms with E-state index in [-0.39, 0.29) is 6.54 Å². The summed E-state index contributed by atoms with van der Waals surface area (Å²) in [6.45, 7) is -0.171. The molecule has 0 heterocycles. The highest BCUT2D eigenvalue weighted by atomic mass is 35.5. The van der Waals surface area contributed by atoms with Crippen molar-refractivity contribution < 1.29 is 14.7 Å². The molecule has 0 fully saturated rings. The SMILES string of the molecule is NC(=O)N(CC(N)Cc1ccccc1Cl)C(=O)O. The number of primary amides is 1. The number of urea groups is 1. The molecular weight excluding hydrogens is 258 g/mol. The van der Waals surface area contributed by atoms with Crippen molar-refractivity contribution in [1.82, 2.24) is 4.90 Å². The third-order valence-corrected chi connectivity index (χ3v) is 2.72. The molecule has 0 aromatic heterocycles. The van der Waals surface area contributed by atoms with Crippen LogP contribution in [0.4, 0.5) is 9.59 Å². The van der Waals surface area contributed by atoms with Crippen molar-refractivity contribution in [3.8, 4) is 0 Å². The van der Waals surface area contributed by atoms with Gasteiger partial charge in [0.25, 0.3) is 0 Å². The van der Waals surface area contributed by atoms with Crippen molar-refractivity contribution in [3.63, 3.8) is 0 Å². The molecule has 0 spiro atoms. The summed E-state index contributed by atoms with van der Waals surface area (Å²) in [6.07, 6.45) is -1.06. The molecule has 7 heteroatoms. The quantitative estimate of drug-likeness (QED) is 0.766. The van der Waals surface area contributed by atoms with Gasteiger partial charge in [-0.1, -0.05) is 29.8 Å². The van der Waals surface area contributed by atoms with Gasteiger partial charge in [-0.15, -0.1) is 0 Å². The molecule has 0 saturated carbocycles. The van der Waals surface area contributed by atoms with Crippen LogP contribution in [0.15, 0.2) is 24.3 Å². The number of rotatable bonds is 4. The molecular formula is C11H14ClN3O3. The van der Waals surface area contributed by atoms with Crippen LogP contribution in [0.1, 0.15) is 5.56 Å². The molecule has 6 nitrogen and oxygen atoms in total. The number of nitrogens with two attached hydrogens (primary N) is 2. The first kappa shape index (κ1) is 14.3. The number of amides is 3. The first-order valence-electron chi connectivity index (χ1n) is 5.20. The van der Waals surface area contributed by atoms with Gasteiger partial charge in [-0.05, 0) is 18.1 Å². The molecule has 0 radical (unpaired) electrons. The first-order chi connectivity index (χ1) is 8.41. The Bertz CT molecular complexity index is 439. The van der Waals surface area contributed by atoms with Gasteiger partial charge in [0.2, 0.25) is 0 Å². The standard InChI is InChI=1S/C11H14ClN3O3/c12-9-4-2-1-3-7(9)5-8(13)6-15(10(14)16)11(17)18/h1-4,8H,5-6,13H2,(H2,14,16)(H,17,18). The number of hydrogen-bond donors (Lipinski definition) is 3. The lowest BCUT2D eigenvalue weighted by atomic mass is 10.1. The number of nitrogens with zero attached hydrogens (tertiary/aromatic N) is 1. The molecule has 0 aliphatic carbocycles. The van der Waals surface area contributed by atoms with Gasteiger partial charge < -0.3 is 16.6 Å². The average Bonchev–Trinajstić information content (AvgIpc) is 2.28. The highest BCUT2D eigenvalue weighted by molar-refractivity contribution is 6.31. The van der Waals surface area contributed by atoms with Crippen molar-refractivity contribution in [2.75, 3.05) is 6.54 Å². The Kier molecular flexibility index (Phi) is 4.94. The second kappa shape index (κ2) is 6.23. The number of hydrogen-bond acceptors (Lipinski definition) is 3. The third kappa shape index (κ3) is 3.90. The van der Waals surface area contributed by atoms with Crippen LogP contribution in [0, 0.1) is 0 Å². The number of carbonyl (C=O) groups excluding carboxylic acids is 1. The number of carbonyl (C=O) groups is 2.